The number of hydrogen-bond donors (Lipinski definition) is 9. The fourth-order valence-electron chi connectivity index (χ4n) is 3.22. The van der Waals surface area contributed by atoms with E-state index in [0.29, 0.717) is 25.1 Å². The average molecular weight is 527 g/mol. The van der Waals surface area contributed by atoms with Gasteiger partial charge in [0.2, 0.25) is 23.6 Å². The predicted molar refractivity (Wildman–Crippen MR) is 127 cm³/mol. The number of carboxylic acids is 2. The summed E-state index contributed by atoms with van der Waals surface area (Å²) in [5.41, 5.74) is 16.7. The maximum atomic E-state index is 12.9. The van der Waals surface area contributed by atoms with Crippen LogP contribution in [-0.2, 0) is 35.2 Å². The van der Waals surface area contributed by atoms with Crippen LogP contribution >= 0.6 is 0 Å². The molecule has 0 aliphatic rings. The smallest absolute Gasteiger partial charge is 0.326 e. The number of H-pyrrole nitrogens is 1. The summed E-state index contributed by atoms with van der Waals surface area (Å²) in [5.74, 6) is -6.29. The van der Waals surface area contributed by atoms with Crippen LogP contribution in [0.1, 0.15) is 44.2 Å². The summed E-state index contributed by atoms with van der Waals surface area (Å²) in [6.07, 6.45) is 2.54. The first-order chi connectivity index (χ1) is 17.4. The number of carboxylic acid groups (broad SMARTS) is 2. The van der Waals surface area contributed by atoms with Crippen LogP contribution in [0.25, 0.3) is 0 Å². The minimum absolute atomic E-state index is 0.175. The zero-order valence-electron chi connectivity index (χ0n) is 20.1. The standard InChI is InChI=1S/C21H34N8O8/c22-6-2-1-3-12(23)18(33)28-15(8-17(31)32)20(35)29-14(7-11-9-25-10-26-11)19(34)27-13(21(36)37)4-5-16(24)30/h9-10,12-15H,1-8,22-23H2,(H2,24,30)(H,25,26)(H,27,34)(H,28,33)(H,29,35)(H,31,32)(H,36,37). The maximum Gasteiger partial charge on any atom is 0.326 e. The molecular formula is C21H34N8O8. The van der Waals surface area contributed by atoms with E-state index in [1.165, 1.54) is 12.5 Å². The molecule has 0 radical (unpaired) electrons. The van der Waals surface area contributed by atoms with Gasteiger partial charge in [0, 0.05) is 24.7 Å². The second-order valence-electron chi connectivity index (χ2n) is 8.30. The van der Waals surface area contributed by atoms with Crippen LogP contribution in [0, 0.1) is 0 Å². The molecule has 4 unspecified atom stereocenters. The van der Waals surface area contributed by atoms with Gasteiger partial charge in [-0.2, -0.15) is 0 Å². The molecule has 0 fully saturated rings. The van der Waals surface area contributed by atoms with E-state index in [1.807, 2.05) is 0 Å². The number of primary amides is 1. The molecule has 0 saturated heterocycles. The van der Waals surface area contributed by atoms with Gasteiger partial charge in [0.05, 0.1) is 18.8 Å². The van der Waals surface area contributed by atoms with Gasteiger partial charge in [0.15, 0.2) is 0 Å². The number of rotatable bonds is 18. The van der Waals surface area contributed by atoms with Crippen LogP contribution in [0.2, 0.25) is 0 Å². The third-order valence-electron chi connectivity index (χ3n) is 5.22. The maximum absolute atomic E-state index is 12.9. The highest BCUT2D eigenvalue weighted by Gasteiger charge is 2.32. The lowest BCUT2D eigenvalue weighted by atomic mass is 10.1. The Kier molecular flexibility index (Phi) is 13.3. The highest BCUT2D eigenvalue weighted by Crippen LogP contribution is 2.05. The van der Waals surface area contributed by atoms with Crippen LogP contribution in [0.5, 0.6) is 0 Å². The molecule has 0 bridgehead atoms. The van der Waals surface area contributed by atoms with Gasteiger partial charge < -0.3 is 48.3 Å². The van der Waals surface area contributed by atoms with Crippen molar-refractivity contribution in [3.8, 4) is 0 Å². The second kappa shape index (κ2) is 15.8. The van der Waals surface area contributed by atoms with E-state index >= 15 is 0 Å². The highest BCUT2D eigenvalue weighted by molar-refractivity contribution is 5.95. The lowest BCUT2D eigenvalue weighted by Crippen LogP contribution is -2.58. The van der Waals surface area contributed by atoms with Crippen LogP contribution in [0.3, 0.4) is 0 Å². The van der Waals surface area contributed by atoms with Crippen molar-refractivity contribution < 1.29 is 39.0 Å². The van der Waals surface area contributed by atoms with E-state index in [-0.39, 0.29) is 25.7 Å². The Hall–Kier alpha value is -4.05. The van der Waals surface area contributed by atoms with Crippen molar-refractivity contribution in [3.63, 3.8) is 0 Å². The zero-order chi connectivity index (χ0) is 28.0. The molecule has 206 valence electrons. The molecule has 1 rings (SSSR count). The second-order valence-corrected chi connectivity index (χ2v) is 8.30. The Labute approximate surface area is 212 Å². The summed E-state index contributed by atoms with van der Waals surface area (Å²) < 4.78 is 0. The molecule has 1 aromatic heterocycles. The molecule has 16 heteroatoms. The van der Waals surface area contributed by atoms with Gasteiger partial charge in [-0.05, 0) is 25.8 Å². The van der Waals surface area contributed by atoms with Crippen LogP contribution < -0.4 is 33.2 Å². The Morgan fingerprint density at radius 2 is 1.54 bits per heavy atom. The van der Waals surface area contributed by atoms with Gasteiger partial charge in [-0.1, -0.05) is 6.42 Å². The lowest BCUT2D eigenvalue weighted by Gasteiger charge is -2.24. The highest BCUT2D eigenvalue weighted by atomic mass is 16.4. The molecule has 0 spiro atoms. The fraction of sp³-hybridized carbons (Fsp3) is 0.571. The minimum atomic E-state index is -1.58. The number of nitrogens with zero attached hydrogens (tertiary/aromatic N) is 1. The molecule has 4 amide bonds. The van der Waals surface area contributed by atoms with E-state index in [9.17, 15) is 39.0 Å². The molecule has 37 heavy (non-hydrogen) atoms. The quantitative estimate of drug-likeness (QED) is 0.0853. The predicted octanol–water partition coefficient (Wildman–Crippen LogP) is -3.31. The Morgan fingerprint density at radius 3 is 2.08 bits per heavy atom. The minimum Gasteiger partial charge on any atom is -0.481 e. The molecule has 0 aliphatic carbocycles. The van der Waals surface area contributed by atoms with Crippen molar-refractivity contribution in [3.05, 3.63) is 18.2 Å². The summed E-state index contributed by atoms with van der Waals surface area (Å²) in [5, 5.41) is 25.4. The van der Waals surface area contributed by atoms with Crippen molar-refractivity contribution in [2.45, 2.75) is 69.1 Å². The SMILES string of the molecule is NCCCCC(N)C(=O)NC(CC(=O)O)C(=O)NC(Cc1cnc[nH]1)C(=O)NC(CCC(N)=O)C(=O)O. The largest absolute Gasteiger partial charge is 0.481 e. The van der Waals surface area contributed by atoms with Crippen molar-refractivity contribution in [2.24, 2.45) is 17.2 Å². The number of nitrogens with one attached hydrogen (secondary N) is 4. The molecule has 0 aromatic carbocycles. The van der Waals surface area contributed by atoms with Gasteiger partial charge in [-0.15, -0.1) is 0 Å². The molecule has 1 heterocycles. The molecule has 4 atom stereocenters. The number of carbonyl (C=O) groups excluding carboxylic acids is 4. The van der Waals surface area contributed by atoms with Crippen molar-refractivity contribution in [1.29, 1.82) is 0 Å². The number of amides is 4. The van der Waals surface area contributed by atoms with Gasteiger partial charge in [-0.3, -0.25) is 24.0 Å². The number of hydrogen-bond acceptors (Lipinski definition) is 9. The number of carbonyl (C=O) groups is 6. The molecule has 1 aromatic rings. The van der Waals surface area contributed by atoms with Gasteiger partial charge in [-0.25, -0.2) is 9.78 Å². The van der Waals surface area contributed by atoms with Crippen molar-refractivity contribution in [1.82, 2.24) is 25.9 Å². The normalized spacial score (nSPS) is 14.0. The topological polar surface area (TPSA) is 286 Å². The Morgan fingerprint density at radius 1 is 0.919 bits per heavy atom. The first kappa shape index (κ1) is 31.0. The molecule has 16 nitrogen and oxygen atoms in total. The number of unbranched alkanes of at least 4 members (excludes halogenated alkanes) is 1. The van der Waals surface area contributed by atoms with E-state index < -0.39 is 66.2 Å². The fourth-order valence-corrected chi connectivity index (χ4v) is 3.22. The average Bonchev–Trinajstić information content (AvgIpc) is 3.33. The molecule has 12 N–H and O–H groups in total. The number of nitrogens with two attached hydrogens (primary N) is 3. The summed E-state index contributed by atoms with van der Waals surface area (Å²) in [4.78, 5) is 78.7. The monoisotopic (exact) mass is 526 g/mol. The van der Waals surface area contributed by atoms with Gasteiger partial charge in [0.25, 0.3) is 0 Å². The van der Waals surface area contributed by atoms with Gasteiger partial charge >= 0.3 is 11.9 Å². The van der Waals surface area contributed by atoms with Crippen LogP contribution in [0.4, 0.5) is 0 Å². The van der Waals surface area contributed by atoms with E-state index in [2.05, 4.69) is 25.9 Å². The molecule has 0 aliphatic heterocycles. The zero-order valence-corrected chi connectivity index (χ0v) is 20.1. The number of aromatic amines is 1. The van der Waals surface area contributed by atoms with E-state index in [1.54, 1.807) is 0 Å². The first-order valence-corrected chi connectivity index (χ1v) is 11.5. The molecule has 0 saturated carbocycles. The summed E-state index contributed by atoms with van der Waals surface area (Å²) in [6.45, 7) is 0.406. The Bertz CT molecular complexity index is 939. The Balaban J connectivity index is 3.02. The van der Waals surface area contributed by atoms with Crippen LogP contribution in [-0.4, -0.2) is 86.5 Å². The third kappa shape index (κ3) is 12.0. The van der Waals surface area contributed by atoms with Crippen molar-refractivity contribution >= 4 is 35.6 Å². The first-order valence-electron chi connectivity index (χ1n) is 11.5. The summed E-state index contributed by atoms with van der Waals surface area (Å²) in [6, 6.07) is -5.47. The van der Waals surface area contributed by atoms with E-state index in [4.69, 9.17) is 17.2 Å². The lowest BCUT2D eigenvalue weighted by molar-refractivity contribution is -0.143. The number of aliphatic carboxylic acids is 2. The number of aromatic nitrogens is 2. The van der Waals surface area contributed by atoms with E-state index in [0.717, 1.165) is 0 Å². The van der Waals surface area contributed by atoms with Gasteiger partial charge in [0.1, 0.15) is 18.1 Å². The third-order valence-corrected chi connectivity index (χ3v) is 5.22. The van der Waals surface area contributed by atoms with Crippen molar-refractivity contribution in [2.75, 3.05) is 6.54 Å². The van der Waals surface area contributed by atoms with Crippen LogP contribution in [0.15, 0.2) is 12.5 Å². The summed E-state index contributed by atoms with van der Waals surface area (Å²) >= 11 is 0. The number of imidazole rings is 1. The molecular weight excluding hydrogens is 492 g/mol. The summed E-state index contributed by atoms with van der Waals surface area (Å²) in [7, 11) is 0.